The Balaban J connectivity index is 1.82. The number of morpholine rings is 1. The molecule has 0 bridgehead atoms. The first-order chi connectivity index (χ1) is 9.11. The highest BCUT2D eigenvalue weighted by Gasteiger charge is 2.31. The lowest BCUT2D eigenvalue weighted by atomic mass is 10.0. The van der Waals surface area contributed by atoms with E-state index >= 15 is 0 Å². The Morgan fingerprint density at radius 3 is 2.84 bits per heavy atom. The third-order valence-electron chi connectivity index (χ3n) is 4.88. The van der Waals surface area contributed by atoms with Gasteiger partial charge in [0, 0.05) is 31.7 Å². The zero-order chi connectivity index (χ0) is 13.8. The van der Waals surface area contributed by atoms with Crippen molar-refractivity contribution in [1.82, 2.24) is 9.80 Å². The van der Waals surface area contributed by atoms with Gasteiger partial charge in [0.2, 0.25) is 0 Å². The largest absolute Gasteiger partial charge is 0.374 e. The van der Waals surface area contributed by atoms with Gasteiger partial charge in [-0.15, -0.1) is 0 Å². The van der Waals surface area contributed by atoms with Gasteiger partial charge in [0.15, 0.2) is 0 Å². The highest BCUT2D eigenvalue weighted by molar-refractivity contribution is 4.86. The summed E-state index contributed by atoms with van der Waals surface area (Å²) < 4.78 is 5.94. The highest BCUT2D eigenvalue weighted by atomic mass is 16.5. The Kier molecular flexibility index (Phi) is 5.63. The third-order valence-corrected chi connectivity index (χ3v) is 4.88. The van der Waals surface area contributed by atoms with Crippen LogP contribution in [-0.2, 0) is 4.74 Å². The predicted octanol–water partition coefficient (Wildman–Crippen LogP) is 1.15. The fourth-order valence-corrected chi connectivity index (χ4v) is 3.65. The first-order valence-electron chi connectivity index (χ1n) is 7.87. The molecule has 4 heteroatoms. The molecule has 3 atom stereocenters. The average molecular weight is 269 g/mol. The van der Waals surface area contributed by atoms with Crippen LogP contribution in [0.5, 0.6) is 0 Å². The molecule has 2 N–H and O–H groups in total. The fourth-order valence-electron chi connectivity index (χ4n) is 3.65. The summed E-state index contributed by atoms with van der Waals surface area (Å²) in [5.74, 6) is 0.690. The molecule has 2 aliphatic rings. The van der Waals surface area contributed by atoms with E-state index in [9.17, 15) is 0 Å². The maximum atomic E-state index is 5.94. The lowest BCUT2D eigenvalue weighted by Crippen LogP contribution is -2.51. The van der Waals surface area contributed by atoms with E-state index in [2.05, 4.69) is 30.7 Å². The summed E-state index contributed by atoms with van der Waals surface area (Å²) in [5, 5.41) is 0. The quantitative estimate of drug-likeness (QED) is 0.813. The lowest BCUT2D eigenvalue weighted by molar-refractivity contribution is -0.0549. The smallest absolute Gasteiger partial charge is 0.0829 e. The number of hydrogen-bond acceptors (Lipinski definition) is 4. The topological polar surface area (TPSA) is 41.7 Å². The molecule has 0 radical (unpaired) electrons. The Bertz CT molecular complexity index is 272. The number of nitrogens with two attached hydrogens (primary N) is 1. The molecule has 0 aromatic carbocycles. The number of rotatable bonds is 5. The Labute approximate surface area is 118 Å². The van der Waals surface area contributed by atoms with Crippen molar-refractivity contribution in [3.63, 3.8) is 0 Å². The Morgan fingerprint density at radius 2 is 2.16 bits per heavy atom. The van der Waals surface area contributed by atoms with Crippen molar-refractivity contribution in [2.75, 3.05) is 39.8 Å². The van der Waals surface area contributed by atoms with Crippen LogP contribution >= 0.6 is 0 Å². The summed E-state index contributed by atoms with van der Waals surface area (Å²) in [4.78, 5) is 5.02. The van der Waals surface area contributed by atoms with Crippen molar-refractivity contribution in [3.05, 3.63) is 0 Å². The number of likely N-dealkylation sites (N-methyl/N-ethyl adjacent to an activating group) is 1. The molecule has 2 rings (SSSR count). The van der Waals surface area contributed by atoms with Crippen LogP contribution in [0.3, 0.4) is 0 Å². The van der Waals surface area contributed by atoms with Crippen molar-refractivity contribution >= 4 is 0 Å². The minimum Gasteiger partial charge on any atom is -0.374 e. The van der Waals surface area contributed by atoms with Gasteiger partial charge in [-0.2, -0.15) is 0 Å². The molecule has 0 aromatic rings. The monoisotopic (exact) mass is 269 g/mol. The molecule has 4 nitrogen and oxygen atoms in total. The molecule has 2 fully saturated rings. The van der Waals surface area contributed by atoms with Gasteiger partial charge in [-0.05, 0) is 46.2 Å². The summed E-state index contributed by atoms with van der Waals surface area (Å²) in [7, 11) is 2.25. The number of nitrogens with zero attached hydrogens (tertiary/aromatic N) is 2. The van der Waals surface area contributed by atoms with Crippen molar-refractivity contribution in [1.29, 1.82) is 0 Å². The van der Waals surface area contributed by atoms with Gasteiger partial charge in [0.05, 0.1) is 12.7 Å². The molecule has 1 saturated heterocycles. The first-order valence-corrected chi connectivity index (χ1v) is 7.87. The van der Waals surface area contributed by atoms with E-state index in [0.717, 1.165) is 32.8 Å². The van der Waals surface area contributed by atoms with Crippen LogP contribution in [0.25, 0.3) is 0 Å². The second-order valence-electron chi connectivity index (χ2n) is 6.52. The summed E-state index contributed by atoms with van der Waals surface area (Å²) in [5.41, 5.74) is 5.89. The standard InChI is InChI=1S/C15H31N3O/c1-12(2)18-7-8-19-14(11-18)10-17(3)15-6-4-5-13(15)9-16/h12-15H,4-11,16H2,1-3H3. The zero-order valence-corrected chi connectivity index (χ0v) is 12.8. The van der Waals surface area contributed by atoms with Crippen LogP contribution in [0, 0.1) is 5.92 Å². The zero-order valence-electron chi connectivity index (χ0n) is 12.8. The van der Waals surface area contributed by atoms with E-state index in [1.165, 1.54) is 19.3 Å². The molecule has 0 amide bonds. The SMILES string of the molecule is CC(C)N1CCOC(CN(C)C2CCCC2CN)C1. The Hall–Kier alpha value is -0.160. The van der Waals surface area contributed by atoms with Crippen LogP contribution in [0.15, 0.2) is 0 Å². The van der Waals surface area contributed by atoms with Crippen LogP contribution in [0.1, 0.15) is 33.1 Å². The number of ether oxygens (including phenoxy) is 1. The van der Waals surface area contributed by atoms with Crippen molar-refractivity contribution in [3.8, 4) is 0 Å². The second-order valence-corrected chi connectivity index (χ2v) is 6.52. The summed E-state index contributed by atoms with van der Waals surface area (Å²) >= 11 is 0. The normalized spacial score (nSPS) is 33.5. The molecule has 19 heavy (non-hydrogen) atoms. The van der Waals surface area contributed by atoms with Crippen LogP contribution in [0.4, 0.5) is 0 Å². The summed E-state index contributed by atoms with van der Waals surface area (Å²) in [6.07, 6.45) is 4.30. The van der Waals surface area contributed by atoms with Gasteiger partial charge in [-0.1, -0.05) is 6.42 Å². The Morgan fingerprint density at radius 1 is 1.37 bits per heavy atom. The summed E-state index contributed by atoms with van der Waals surface area (Å²) in [6.45, 7) is 9.44. The van der Waals surface area contributed by atoms with Gasteiger partial charge < -0.3 is 15.4 Å². The van der Waals surface area contributed by atoms with Crippen LogP contribution < -0.4 is 5.73 Å². The molecule has 1 aliphatic heterocycles. The van der Waals surface area contributed by atoms with E-state index in [4.69, 9.17) is 10.5 Å². The molecule has 1 aliphatic carbocycles. The van der Waals surface area contributed by atoms with Crippen molar-refractivity contribution < 1.29 is 4.74 Å². The highest BCUT2D eigenvalue weighted by Crippen LogP contribution is 2.28. The van der Waals surface area contributed by atoms with E-state index in [1.54, 1.807) is 0 Å². The van der Waals surface area contributed by atoms with Crippen molar-refractivity contribution in [2.24, 2.45) is 11.7 Å². The molecule has 1 heterocycles. The molecule has 3 unspecified atom stereocenters. The van der Waals surface area contributed by atoms with Gasteiger partial charge in [-0.25, -0.2) is 0 Å². The van der Waals surface area contributed by atoms with Gasteiger partial charge >= 0.3 is 0 Å². The molecule has 0 spiro atoms. The minimum absolute atomic E-state index is 0.361. The molecule has 0 aromatic heterocycles. The van der Waals surface area contributed by atoms with E-state index < -0.39 is 0 Å². The molecule has 1 saturated carbocycles. The first kappa shape index (κ1) is 15.2. The van der Waals surface area contributed by atoms with Crippen molar-refractivity contribution in [2.45, 2.75) is 51.3 Å². The van der Waals surface area contributed by atoms with Crippen LogP contribution in [0.2, 0.25) is 0 Å². The lowest BCUT2D eigenvalue weighted by Gasteiger charge is -2.39. The molecular formula is C15H31N3O. The second kappa shape index (κ2) is 7.02. The van der Waals surface area contributed by atoms with Gasteiger partial charge in [-0.3, -0.25) is 4.90 Å². The van der Waals surface area contributed by atoms with E-state index in [1.807, 2.05) is 0 Å². The maximum Gasteiger partial charge on any atom is 0.0829 e. The summed E-state index contributed by atoms with van der Waals surface area (Å²) in [6, 6.07) is 1.29. The molecule has 112 valence electrons. The minimum atomic E-state index is 0.361. The van der Waals surface area contributed by atoms with Crippen LogP contribution in [-0.4, -0.2) is 67.8 Å². The van der Waals surface area contributed by atoms with Gasteiger partial charge in [0.1, 0.15) is 0 Å². The molecular weight excluding hydrogens is 238 g/mol. The average Bonchev–Trinajstić information content (AvgIpc) is 2.87. The third kappa shape index (κ3) is 3.91. The predicted molar refractivity (Wildman–Crippen MR) is 79.3 cm³/mol. The van der Waals surface area contributed by atoms with Gasteiger partial charge in [0.25, 0.3) is 0 Å². The van der Waals surface area contributed by atoms with E-state index in [0.29, 0.717) is 24.1 Å². The maximum absolute atomic E-state index is 5.94. The number of hydrogen-bond donors (Lipinski definition) is 1. The fraction of sp³-hybridized carbons (Fsp3) is 1.00. The van der Waals surface area contributed by atoms with E-state index in [-0.39, 0.29) is 0 Å².